The summed E-state index contributed by atoms with van der Waals surface area (Å²) in [7, 11) is -3.73. The van der Waals surface area contributed by atoms with E-state index in [0.29, 0.717) is 0 Å². The molecule has 3 saturated carbocycles. The van der Waals surface area contributed by atoms with E-state index < -0.39 is 27.2 Å². The van der Waals surface area contributed by atoms with Crippen molar-refractivity contribution in [2.24, 2.45) is 0 Å². The van der Waals surface area contributed by atoms with Crippen LogP contribution in [0.3, 0.4) is 0 Å². The molecular formula is C30H60O7SiTi. The topological polar surface area (TPSA) is 64.6 Å². The van der Waals surface area contributed by atoms with Crippen LogP contribution in [0.1, 0.15) is 157 Å². The van der Waals surface area contributed by atoms with Crippen molar-refractivity contribution in [2.45, 2.75) is 194 Å². The molecule has 0 saturated heterocycles. The van der Waals surface area contributed by atoms with Gasteiger partial charge in [0, 0.05) is 0 Å². The van der Waals surface area contributed by atoms with E-state index in [2.05, 4.69) is 41.5 Å². The van der Waals surface area contributed by atoms with Crippen LogP contribution in [0.2, 0.25) is 0 Å². The fraction of sp³-hybridized carbons (Fsp3) is 1.00. The van der Waals surface area contributed by atoms with Crippen LogP contribution in [0.4, 0.5) is 0 Å². The van der Waals surface area contributed by atoms with Crippen molar-refractivity contribution in [1.82, 2.24) is 0 Å². The molecule has 7 nitrogen and oxygen atoms in total. The summed E-state index contributed by atoms with van der Waals surface area (Å²) in [4.78, 5) is 0. The molecule has 0 aliphatic heterocycles. The predicted octanol–water partition coefficient (Wildman–Crippen LogP) is 8.75. The minimum absolute atomic E-state index is 0.0797. The van der Waals surface area contributed by atoms with Crippen molar-refractivity contribution in [3.05, 3.63) is 0 Å². The molecule has 3 aliphatic carbocycles. The quantitative estimate of drug-likeness (QED) is 0.153. The fourth-order valence-corrected chi connectivity index (χ4v) is 14.4. The molecule has 0 aromatic heterocycles. The van der Waals surface area contributed by atoms with E-state index in [4.69, 9.17) is 26.2 Å². The summed E-state index contributed by atoms with van der Waals surface area (Å²) in [5.74, 6) is 0. The molecule has 0 radical (unpaired) electrons. The second kappa shape index (κ2) is 17.7. The van der Waals surface area contributed by atoms with E-state index in [1.54, 1.807) is 0 Å². The number of hydrogen-bond donors (Lipinski definition) is 0. The van der Waals surface area contributed by atoms with Crippen LogP contribution in [0, 0.1) is 0 Å². The van der Waals surface area contributed by atoms with Gasteiger partial charge in [-0.3, -0.25) is 0 Å². The van der Waals surface area contributed by atoms with Crippen LogP contribution in [0.5, 0.6) is 0 Å². The zero-order valence-corrected chi connectivity index (χ0v) is 28.6. The van der Waals surface area contributed by atoms with Gasteiger partial charge in [-0.25, -0.2) is 0 Å². The van der Waals surface area contributed by atoms with E-state index in [1.165, 1.54) is 57.8 Å². The van der Waals surface area contributed by atoms with Gasteiger partial charge in [-0.15, -0.1) is 0 Å². The van der Waals surface area contributed by atoms with E-state index in [0.717, 1.165) is 57.8 Å². The molecule has 0 N–H and O–H groups in total. The van der Waals surface area contributed by atoms with Crippen molar-refractivity contribution < 1.29 is 44.4 Å². The zero-order chi connectivity index (χ0) is 28.1. The molecule has 39 heavy (non-hydrogen) atoms. The van der Waals surface area contributed by atoms with E-state index >= 15 is 0 Å². The summed E-state index contributed by atoms with van der Waals surface area (Å²) in [6.45, 7) is 12.6. The molecule has 0 bridgehead atoms. The third kappa shape index (κ3) is 11.7. The second-order valence-corrected chi connectivity index (χ2v) is 17.8. The van der Waals surface area contributed by atoms with Crippen molar-refractivity contribution in [3.8, 4) is 0 Å². The van der Waals surface area contributed by atoms with Crippen LogP contribution < -0.4 is 0 Å². The Bertz CT molecular complexity index is 572. The van der Waals surface area contributed by atoms with Gasteiger partial charge in [-0.2, -0.15) is 0 Å². The van der Waals surface area contributed by atoms with Crippen LogP contribution in [0.15, 0.2) is 0 Å². The maximum atomic E-state index is 7.24. The zero-order valence-electron chi connectivity index (χ0n) is 26.0. The Morgan fingerprint density at radius 3 is 1.05 bits per heavy atom. The van der Waals surface area contributed by atoms with Crippen LogP contribution in [-0.4, -0.2) is 45.7 Å². The number of hydrogen-bond acceptors (Lipinski definition) is 7. The molecular weight excluding hydrogens is 548 g/mol. The predicted molar refractivity (Wildman–Crippen MR) is 153 cm³/mol. The van der Waals surface area contributed by atoms with Gasteiger partial charge in [0.25, 0.3) is 0 Å². The first kappa shape index (κ1) is 34.1. The average molecular weight is 609 g/mol. The third-order valence-corrected chi connectivity index (χ3v) is 16.4. The van der Waals surface area contributed by atoms with Gasteiger partial charge in [0.05, 0.1) is 0 Å². The fourth-order valence-electron chi connectivity index (χ4n) is 5.61. The Hall–Kier alpha value is 0.651. The summed E-state index contributed by atoms with van der Waals surface area (Å²) in [5, 5.41) is 0. The Morgan fingerprint density at radius 2 is 0.795 bits per heavy atom. The summed E-state index contributed by atoms with van der Waals surface area (Å²) in [6.07, 6.45) is 19.5. The first-order valence-electron chi connectivity index (χ1n) is 16.6. The Morgan fingerprint density at radius 1 is 0.513 bits per heavy atom. The monoisotopic (exact) mass is 608 g/mol. The normalized spacial score (nSPS) is 24.8. The van der Waals surface area contributed by atoms with Gasteiger partial charge in [0.15, 0.2) is 0 Å². The first-order chi connectivity index (χ1) is 18.8. The molecule has 0 aromatic carbocycles. The Labute approximate surface area is 246 Å². The van der Waals surface area contributed by atoms with Crippen molar-refractivity contribution in [3.63, 3.8) is 0 Å². The number of rotatable bonds is 17. The van der Waals surface area contributed by atoms with Gasteiger partial charge in [0.2, 0.25) is 0 Å². The first-order valence-corrected chi connectivity index (χ1v) is 20.8. The molecule has 0 heterocycles. The molecule has 3 rings (SSSR count). The maximum absolute atomic E-state index is 7.24. The van der Waals surface area contributed by atoms with Gasteiger partial charge in [-0.1, -0.05) is 0 Å². The summed E-state index contributed by atoms with van der Waals surface area (Å²) < 4.78 is 48.8. The van der Waals surface area contributed by atoms with Gasteiger partial charge >= 0.3 is 247 Å². The molecule has 0 amide bonds. The van der Waals surface area contributed by atoms with Gasteiger partial charge < -0.3 is 0 Å². The molecule has 3 atom stereocenters. The Balaban J connectivity index is 2.04. The summed E-state index contributed by atoms with van der Waals surface area (Å²) in [5.41, 5.74) is 0. The molecule has 0 spiro atoms. The molecule has 9 heteroatoms. The van der Waals surface area contributed by atoms with Crippen molar-refractivity contribution in [2.75, 3.05) is 0 Å². The molecule has 3 aliphatic rings. The van der Waals surface area contributed by atoms with Gasteiger partial charge in [0.1, 0.15) is 0 Å². The van der Waals surface area contributed by atoms with E-state index in [1.807, 2.05) is 0 Å². The second-order valence-electron chi connectivity index (χ2n) is 12.2. The standard InChI is InChI=1S/C12H27O4Si.3C6H11O.Ti/c1-7-10(4)14-17(13,15-11(5)8-2)16-12(6)9-3;3*7-6-4-2-1-3-5-6;/h10-12H,7-9H2,1-6H3;3*6H,1-5H2;/q4*-1;+4. The molecule has 3 unspecified atom stereocenters. The Kier molecular flexibility index (Phi) is 15.5. The van der Waals surface area contributed by atoms with Crippen LogP contribution in [0.25, 0.3) is 0 Å². The summed E-state index contributed by atoms with van der Waals surface area (Å²) >= 11 is -4.46. The molecule has 0 aromatic rings. The molecule has 230 valence electrons. The van der Waals surface area contributed by atoms with E-state index in [9.17, 15) is 0 Å². The van der Waals surface area contributed by atoms with Crippen molar-refractivity contribution >= 4 is 9.05 Å². The van der Waals surface area contributed by atoms with Crippen molar-refractivity contribution in [1.29, 1.82) is 0 Å². The van der Waals surface area contributed by atoms with Crippen LogP contribution in [-0.2, 0) is 44.4 Å². The van der Waals surface area contributed by atoms with E-state index in [-0.39, 0.29) is 36.6 Å². The van der Waals surface area contributed by atoms with Gasteiger partial charge in [-0.05, 0) is 0 Å². The summed E-state index contributed by atoms with van der Waals surface area (Å²) in [6, 6.07) is 0. The molecule has 3 fully saturated rings. The average Bonchev–Trinajstić information content (AvgIpc) is 2.94. The van der Waals surface area contributed by atoms with Crippen LogP contribution >= 0.6 is 0 Å². The SMILES string of the molecule is CCC(C)O[Si](OC(C)CC)(OC(C)CC)[O][Ti]([O]C1CCCCC1)([O]C1CCCCC1)[O]C1CCCCC1. The minimum atomic E-state index is -4.46. The third-order valence-electron chi connectivity index (χ3n) is 8.60.